The highest BCUT2D eigenvalue weighted by Gasteiger charge is 2.32. The third kappa shape index (κ3) is 2.83. The standard InChI is InChI=1S/C10H18N2O2.ClH/c1-14-10(13)8-3-2-4-12(7-8)9-5-11-6-9;/h8-9,11H,2-7H2,1H3;1H. The van der Waals surface area contributed by atoms with E-state index in [9.17, 15) is 4.79 Å². The zero-order valence-corrected chi connectivity index (χ0v) is 9.89. The van der Waals surface area contributed by atoms with Gasteiger partial charge in [-0.3, -0.25) is 9.69 Å². The van der Waals surface area contributed by atoms with Crippen molar-refractivity contribution in [2.45, 2.75) is 18.9 Å². The highest BCUT2D eigenvalue weighted by atomic mass is 35.5. The van der Waals surface area contributed by atoms with E-state index >= 15 is 0 Å². The van der Waals surface area contributed by atoms with Crippen molar-refractivity contribution in [3.8, 4) is 0 Å². The number of hydrogen-bond donors (Lipinski definition) is 1. The number of methoxy groups -OCH3 is 1. The molecule has 1 unspecified atom stereocenters. The van der Waals surface area contributed by atoms with Crippen LogP contribution in [0.5, 0.6) is 0 Å². The predicted octanol–water partition coefficient (Wildman–Crippen LogP) is 0.265. The third-order valence-electron chi connectivity index (χ3n) is 3.26. The Morgan fingerprint density at radius 2 is 2.20 bits per heavy atom. The first-order valence-corrected chi connectivity index (χ1v) is 5.34. The molecule has 1 N–H and O–H groups in total. The third-order valence-corrected chi connectivity index (χ3v) is 3.26. The van der Waals surface area contributed by atoms with Gasteiger partial charge in [0.25, 0.3) is 0 Å². The normalized spacial score (nSPS) is 27.7. The summed E-state index contributed by atoms with van der Waals surface area (Å²) in [5.41, 5.74) is 0. The van der Waals surface area contributed by atoms with Crippen LogP contribution in [0.25, 0.3) is 0 Å². The summed E-state index contributed by atoms with van der Waals surface area (Å²) >= 11 is 0. The van der Waals surface area contributed by atoms with Crippen LogP contribution in [0.1, 0.15) is 12.8 Å². The second-order valence-electron chi connectivity index (χ2n) is 4.17. The van der Waals surface area contributed by atoms with Crippen LogP contribution in [0, 0.1) is 5.92 Å². The van der Waals surface area contributed by atoms with E-state index in [0.29, 0.717) is 6.04 Å². The van der Waals surface area contributed by atoms with Gasteiger partial charge in [0.05, 0.1) is 13.0 Å². The van der Waals surface area contributed by atoms with Gasteiger partial charge in [-0.25, -0.2) is 0 Å². The maximum atomic E-state index is 11.4. The highest BCUT2D eigenvalue weighted by Crippen LogP contribution is 2.20. The SMILES string of the molecule is COC(=O)C1CCCN(C2CNC2)C1.Cl. The number of rotatable bonds is 2. The van der Waals surface area contributed by atoms with Crippen molar-refractivity contribution >= 4 is 18.4 Å². The minimum Gasteiger partial charge on any atom is -0.469 e. The molecule has 0 aromatic heterocycles. The Morgan fingerprint density at radius 1 is 1.47 bits per heavy atom. The number of carbonyl (C=O) groups is 1. The molecule has 4 nitrogen and oxygen atoms in total. The molecule has 5 heteroatoms. The van der Waals surface area contributed by atoms with Crippen molar-refractivity contribution < 1.29 is 9.53 Å². The van der Waals surface area contributed by atoms with Crippen LogP contribution in [0.2, 0.25) is 0 Å². The van der Waals surface area contributed by atoms with Crippen LogP contribution in [-0.4, -0.2) is 50.2 Å². The first-order valence-electron chi connectivity index (χ1n) is 5.34. The van der Waals surface area contributed by atoms with E-state index in [1.165, 1.54) is 7.11 Å². The Labute approximate surface area is 96.7 Å². The Hall–Kier alpha value is -0.320. The average Bonchev–Trinajstić information content (AvgIpc) is 2.14. The molecule has 0 bridgehead atoms. The molecule has 0 radical (unpaired) electrons. The quantitative estimate of drug-likeness (QED) is 0.697. The average molecular weight is 235 g/mol. The van der Waals surface area contributed by atoms with Crippen LogP contribution in [-0.2, 0) is 9.53 Å². The molecule has 2 saturated heterocycles. The van der Waals surface area contributed by atoms with Gasteiger partial charge in [0.15, 0.2) is 0 Å². The second kappa shape index (κ2) is 5.68. The lowest BCUT2D eigenvalue weighted by molar-refractivity contribution is -0.147. The van der Waals surface area contributed by atoms with Crippen LogP contribution in [0.4, 0.5) is 0 Å². The van der Waals surface area contributed by atoms with E-state index in [1.807, 2.05) is 0 Å². The van der Waals surface area contributed by atoms with Gasteiger partial charge < -0.3 is 10.1 Å². The molecule has 0 aliphatic carbocycles. The first kappa shape index (κ1) is 12.7. The van der Waals surface area contributed by atoms with Gasteiger partial charge in [0.1, 0.15) is 0 Å². The molecule has 0 aromatic carbocycles. The molecule has 2 fully saturated rings. The lowest BCUT2D eigenvalue weighted by atomic mass is 9.95. The number of nitrogens with zero attached hydrogens (tertiary/aromatic N) is 1. The van der Waals surface area contributed by atoms with Crippen LogP contribution < -0.4 is 5.32 Å². The molecule has 88 valence electrons. The lowest BCUT2D eigenvalue weighted by Gasteiger charge is -2.42. The van der Waals surface area contributed by atoms with Crippen molar-refractivity contribution in [1.82, 2.24) is 10.2 Å². The second-order valence-corrected chi connectivity index (χ2v) is 4.17. The van der Waals surface area contributed by atoms with Gasteiger partial charge in [-0.1, -0.05) is 0 Å². The molecule has 15 heavy (non-hydrogen) atoms. The Bertz CT molecular complexity index is 221. The summed E-state index contributed by atoms with van der Waals surface area (Å²) in [7, 11) is 1.48. The number of ether oxygens (including phenoxy) is 1. The number of nitrogens with one attached hydrogen (secondary N) is 1. The number of carbonyl (C=O) groups excluding carboxylic acids is 1. The largest absolute Gasteiger partial charge is 0.469 e. The summed E-state index contributed by atoms with van der Waals surface area (Å²) in [5.74, 6) is 0.0660. The van der Waals surface area contributed by atoms with Gasteiger partial charge in [0.2, 0.25) is 0 Å². The molecule has 2 aliphatic heterocycles. The number of halogens is 1. The van der Waals surface area contributed by atoms with Gasteiger partial charge >= 0.3 is 5.97 Å². The highest BCUT2D eigenvalue weighted by molar-refractivity contribution is 5.85. The van der Waals surface area contributed by atoms with Crippen molar-refractivity contribution in [3.63, 3.8) is 0 Å². The van der Waals surface area contributed by atoms with Gasteiger partial charge in [-0.15, -0.1) is 12.4 Å². The van der Waals surface area contributed by atoms with Crippen LogP contribution in [0.15, 0.2) is 0 Å². The van der Waals surface area contributed by atoms with Crippen molar-refractivity contribution in [3.05, 3.63) is 0 Å². The van der Waals surface area contributed by atoms with Crippen LogP contribution in [0.3, 0.4) is 0 Å². The number of piperidine rings is 1. The summed E-state index contributed by atoms with van der Waals surface area (Å²) < 4.78 is 4.79. The van der Waals surface area contributed by atoms with Gasteiger partial charge in [-0.05, 0) is 19.4 Å². The maximum absolute atomic E-state index is 11.4. The lowest BCUT2D eigenvalue weighted by Crippen LogP contribution is -2.59. The fourth-order valence-corrected chi connectivity index (χ4v) is 2.23. The van der Waals surface area contributed by atoms with Crippen LogP contribution >= 0.6 is 12.4 Å². The van der Waals surface area contributed by atoms with Gasteiger partial charge in [0, 0.05) is 25.7 Å². The monoisotopic (exact) mass is 234 g/mol. The number of esters is 1. The topological polar surface area (TPSA) is 41.6 Å². The Balaban J connectivity index is 0.00000112. The summed E-state index contributed by atoms with van der Waals surface area (Å²) in [6, 6.07) is 0.655. The summed E-state index contributed by atoms with van der Waals surface area (Å²) in [5, 5.41) is 3.26. The van der Waals surface area contributed by atoms with E-state index in [0.717, 1.165) is 39.0 Å². The van der Waals surface area contributed by atoms with E-state index in [2.05, 4.69) is 10.2 Å². The predicted molar refractivity (Wildman–Crippen MR) is 60.2 cm³/mol. The van der Waals surface area contributed by atoms with E-state index in [-0.39, 0.29) is 24.3 Å². The summed E-state index contributed by atoms with van der Waals surface area (Å²) in [4.78, 5) is 13.8. The molecule has 1 atom stereocenters. The molecular formula is C10H19ClN2O2. The zero-order valence-electron chi connectivity index (χ0n) is 9.07. The Morgan fingerprint density at radius 3 is 2.73 bits per heavy atom. The minimum absolute atomic E-state index is 0. The molecule has 2 heterocycles. The molecule has 0 aromatic rings. The van der Waals surface area contributed by atoms with E-state index in [1.54, 1.807) is 0 Å². The first-order chi connectivity index (χ1) is 6.81. The molecule has 2 aliphatic rings. The molecule has 0 spiro atoms. The Kier molecular flexibility index (Phi) is 4.83. The van der Waals surface area contributed by atoms with Crippen molar-refractivity contribution in [2.75, 3.05) is 33.3 Å². The fourth-order valence-electron chi connectivity index (χ4n) is 2.23. The zero-order chi connectivity index (χ0) is 9.97. The fraction of sp³-hybridized carbons (Fsp3) is 0.900. The maximum Gasteiger partial charge on any atom is 0.309 e. The summed E-state index contributed by atoms with van der Waals surface area (Å²) in [6.45, 7) is 4.18. The smallest absolute Gasteiger partial charge is 0.309 e. The van der Waals surface area contributed by atoms with Crippen molar-refractivity contribution in [1.29, 1.82) is 0 Å². The molecule has 0 amide bonds. The van der Waals surface area contributed by atoms with E-state index in [4.69, 9.17) is 4.74 Å². The van der Waals surface area contributed by atoms with E-state index < -0.39 is 0 Å². The van der Waals surface area contributed by atoms with Crippen molar-refractivity contribution in [2.24, 2.45) is 5.92 Å². The van der Waals surface area contributed by atoms with Gasteiger partial charge in [-0.2, -0.15) is 0 Å². The molecule has 0 saturated carbocycles. The minimum atomic E-state index is -0.0398. The number of hydrogen-bond acceptors (Lipinski definition) is 4. The number of likely N-dealkylation sites (tertiary alicyclic amines) is 1. The molecule has 2 rings (SSSR count). The summed E-state index contributed by atoms with van der Waals surface area (Å²) in [6.07, 6.45) is 2.11. The molecular weight excluding hydrogens is 216 g/mol.